The third-order valence-corrected chi connectivity index (χ3v) is 3.69. The summed E-state index contributed by atoms with van der Waals surface area (Å²) in [4.78, 5) is 5.00. The van der Waals surface area contributed by atoms with Crippen LogP contribution in [0.25, 0.3) is 0 Å². The zero-order chi connectivity index (χ0) is 12.1. The number of aliphatic hydroxyl groups is 1. The van der Waals surface area contributed by atoms with Crippen molar-refractivity contribution in [2.24, 2.45) is 5.92 Å². The number of rotatable bonds is 4. The fraction of sp³-hybridized carbons (Fsp3) is 1.00. The molecule has 2 atom stereocenters. The Morgan fingerprint density at radius 1 is 1.38 bits per heavy atom. The summed E-state index contributed by atoms with van der Waals surface area (Å²) in [6.45, 7) is 10.6. The maximum Gasteiger partial charge on any atom is 0.0446 e. The van der Waals surface area contributed by atoms with Crippen molar-refractivity contribution in [1.82, 2.24) is 9.80 Å². The standard InChI is InChI=1S/C13H28N2O/c1-11(2)9-15-7-5-12(3)14(4)13(10-15)6-8-16/h11-13,16H,5-10H2,1-4H3. The van der Waals surface area contributed by atoms with Gasteiger partial charge in [-0.1, -0.05) is 13.8 Å². The molecule has 1 aliphatic rings. The van der Waals surface area contributed by atoms with Gasteiger partial charge in [0.1, 0.15) is 0 Å². The summed E-state index contributed by atoms with van der Waals surface area (Å²) in [5, 5.41) is 9.14. The van der Waals surface area contributed by atoms with Crippen LogP contribution in [-0.4, -0.2) is 60.3 Å². The lowest BCUT2D eigenvalue weighted by molar-refractivity contribution is 0.138. The Kier molecular flexibility index (Phi) is 5.73. The van der Waals surface area contributed by atoms with Crippen LogP contribution in [0.2, 0.25) is 0 Å². The average Bonchev–Trinajstić information content (AvgIpc) is 2.33. The highest BCUT2D eigenvalue weighted by atomic mass is 16.3. The van der Waals surface area contributed by atoms with Crippen LogP contribution in [0, 0.1) is 5.92 Å². The van der Waals surface area contributed by atoms with Crippen molar-refractivity contribution in [2.45, 2.75) is 45.7 Å². The Morgan fingerprint density at radius 2 is 2.06 bits per heavy atom. The van der Waals surface area contributed by atoms with Crippen molar-refractivity contribution < 1.29 is 5.11 Å². The van der Waals surface area contributed by atoms with E-state index in [4.69, 9.17) is 5.11 Å². The van der Waals surface area contributed by atoms with Gasteiger partial charge in [-0.25, -0.2) is 0 Å². The fourth-order valence-corrected chi connectivity index (χ4v) is 2.58. The normalized spacial score (nSPS) is 29.6. The molecule has 0 aromatic carbocycles. The molecule has 3 heteroatoms. The van der Waals surface area contributed by atoms with E-state index in [-0.39, 0.29) is 0 Å². The topological polar surface area (TPSA) is 26.7 Å². The molecule has 0 radical (unpaired) electrons. The van der Waals surface area contributed by atoms with E-state index in [1.165, 1.54) is 19.5 Å². The summed E-state index contributed by atoms with van der Waals surface area (Å²) in [6, 6.07) is 1.15. The molecule has 3 nitrogen and oxygen atoms in total. The largest absolute Gasteiger partial charge is 0.396 e. The molecule has 0 bridgehead atoms. The van der Waals surface area contributed by atoms with Crippen molar-refractivity contribution in [3.63, 3.8) is 0 Å². The molecule has 0 spiro atoms. The smallest absolute Gasteiger partial charge is 0.0446 e. The van der Waals surface area contributed by atoms with Crippen LogP contribution in [-0.2, 0) is 0 Å². The van der Waals surface area contributed by atoms with Crippen molar-refractivity contribution in [3.05, 3.63) is 0 Å². The number of hydrogen-bond donors (Lipinski definition) is 1. The van der Waals surface area contributed by atoms with Gasteiger partial charge in [-0.15, -0.1) is 0 Å². The van der Waals surface area contributed by atoms with Gasteiger partial charge in [-0.3, -0.25) is 4.90 Å². The van der Waals surface area contributed by atoms with Gasteiger partial charge in [0, 0.05) is 31.8 Å². The third kappa shape index (κ3) is 4.04. The second kappa shape index (κ2) is 6.58. The van der Waals surface area contributed by atoms with E-state index in [2.05, 4.69) is 37.6 Å². The summed E-state index contributed by atoms with van der Waals surface area (Å²) in [5.74, 6) is 0.730. The second-order valence-corrected chi connectivity index (χ2v) is 5.62. The van der Waals surface area contributed by atoms with E-state index in [1.807, 2.05) is 0 Å². The molecule has 0 saturated carbocycles. The number of likely N-dealkylation sites (N-methyl/N-ethyl adjacent to an activating group) is 1. The predicted molar refractivity (Wildman–Crippen MR) is 68.6 cm³/mol. The highest BCUT2D eigenvalue weighted by molar-refractivity contribution is 4.82. The molecule has 96 valence electrons. The first-order valence-corrected chi connectivity index (χ1v) is 6.59. The van der Waals surface area contributed by atoms with E-state index in [0.29, 0.717) is 18.7 Å². The first-order chi connectivity index (χ1) is 7.54. The van der Waals surface area contributed by atoms with Gasteiger partial charge in [0.05, 0.1) is 0 Å². The molecule has 2 unspecified atom stereocenters. The maximum absolute atomic E-state index is 9.14. The van der Waals surface area contributed by atoms with Crippen molar-refractivity contribution in [1.29, 1.82) is 0 Å². The predicted octanol–water partition coefficient (Wildman–Crippen LogP) is 1.42. The molecular weight excluding hydrogens is 200 g/mol. The van der Waals surface area contributed by atoms with Crippen LogP contribution in [0.15, 0.2) is 0 Å². The summed E-state index contributed by atoms with van der Waals surface area (Å²) in [6.07, 6.45) is 2.14. The molecule has 16 heavy (non-hydrogen) atoms. The molecule has 0 aromatic heterocycles. The van der Waals surface area contributed by atoms with Crippen LogP contribution >= 0.6 is 0 Å². The SMILES string of the molecule is CC(C)CN1CCC(C)N(C)C(CCO)C1. The Labute approximate surface area is 100 Å². The lowest BCUT2D eigenvalue weighted by atomic mass is 10.1. The Bertz CT molecular complexity index is 196. The molecule has 0 amide bonds. The van der Waals surface area contributed by atoms with Crippen molar-refractivity contribution >= 4 is 0 Å². The fourth-order valence-electron chi connectivity index (χ4n) is 2.58. The van der Waals surface area contributed by atoms with E-state index < -0.39 is 0 Å². The Morgan fingerprint density at radius 3 is 2.62 bits per heavy atom. The summed E-state index contributed by atoms with van der Waals surface area (Å²) in [7, 11) is 2.20. The molecule has 0 aliphatic carbocycles. The number of nitrogens with zero attached hydrogens (tertiary/aromatic N) is 2. The van der Waals surface area contributed by atoms with Crippen LogP contribution in [0.4, 0.5) is 0 Å². The van der Waals surface area contributed by atoms with Gasteiger partial charge < -0.3 is 10.0 Å². The average molecular weight is 228 g/mol. The quantitative estimate of drug-likeness (QED) is 0.788. The lowest BCUT2D eigenvalue weighted by Crippen LogP contribution is -2.42. The lowest BCUT2D eigenvalue weighted by Gasteiger charge is -2.31. The molecule has 1 saturated heterocycles. The Balaban J connectivity index is 2.58. The van der Waals surface area contributed by atoms with Crippen LogP contribution in [0.1, 0.15) is 33.6 Å². The highest BCUT2D eigenvalue weighted by Gasteiger charge is 2.26. The molecule has 1 heterocycles. The van der Waals surface area contributed by atoms with Gasteiger partial charge in [0.2, 0.25) is 0 Å². The van der Waals surface area contributed by atoms with Crippen LogP contribution < -0.4 is 0 Å². The number of aliphatic hydroxyl groups excluding tert-OH is 1. The molecule has 1 aliphatic heterocycles. The zero-order valence-corrected chi connectivity index (χ0v) is 11.3. The zero-order valence-electron chi connectivity index (χ0n) is 11.3. The third-order valence-electron chi connectivity index (χ3n) is 3.69. The van der Waals surface area contributed by atoms with Gasteiger partial charge in [-0.2, -0.15) is 0 Å². The van der Waals surface area contributed by atoms with Gasteiger partial charge >= 0.3 is 0 Å². The minimum absolute atomic E-state index is 0.303. The minimum Gasteiger partial charge on any atom is -0.396 e. The summed E-state index contributed by atoms with van der Waals surface area (Å²) in [5.41, 5.74) is 0. The molecule has 1 fully saturated rings. The molecular formula is C13H28N2O. The van der Waals surface area contributed by atoms with Crippen LogP contribution in [0.5, 0.6) is 0 Å². The van der Waals surface area contributed by atoms with Crippen molar-refractivity contribution in [3.8, 4) is 0 Å². The summed E-state index contributed by atoms with van der Waals surface area (Å²) < 4.78 is 0. The van der Waals surface area contributed by atoms with E-state index >= 15 is 0 Å². The molecule has 0 aromatic rings. The Hall–Kier alpha value is -0.120. The van der Waals surface area contributed by atoms with E-state index in [9.17, 15) is 0 Å². The van der Waals surface area contributed by atoms with Gasteiger partial charge in [0.15, 0.2) is 0 Å². The highest BCUT2D eigenvalue weighted by Crippen LogP contribution is 2.17. The van der Waals surface area contributed by atoms with Crippen LogP contribution in [0.3, 0.4) is 0 Å². The monoisotopic (exact) mass is 228 g/mol. The van der Waals surface area contributed by atoms with Gasteiger partial charge in [-0.05, 0) is 39.3 Å². The maximum atomic E-state index is 9.14. The van der Waals surface area contributed by atoms with E-state index in [1.54, 1.807) is 0 Å². The van der Waals surface area contributed by atoms with Gasteiger partial charge in [0.25, 0.3) is 0 Å². The number of hydrogen-bond acceptors (Lipinski definition) is 3. The van der Waals surface area contributed by atoms with E-state index in [0.717, 1.165) is 18.9 Å². The molecule has 1 N–H and O–H groups in total. The first kappa shape index (κ1) is 13.9. The van der Waals surface area contributed by atoms with Crippen molar-refractivity contribution in [2.75, 3.05) is 33.3 Å². The first-order valence-electron chi connectivity index (χ1n) is 6.59. The summed E-state index contributed by atoms with van der Waals surface area (Å²) >= 11 is 0. The second-order valence-electron chi connectivity index (χ2n) is 5.62. The minimum atomic E-state index is 0.303. The molecule has 1 rings (SSSR count).